The van der Waals surface area contributed by atoms with Gasteiger partial charge < -0.3 is 4.74 Å². The SMILES string of the molecule is CC(C)(C)[S@@](=O)N=CCCC(=O)OCc1ccccc1. The zero-order chi connectivity index (χ0) is 15.0. The van der Waals surface area contributed by atoms with Gasteiger partial charge in [-0.1, -0.05) is 30.3 Å². The molecule has 0 aliphatic carbocycles. The van der Waals surface area contributed by atoms with E-state index in [9.17, 15) is 9.00 Å². The van der Waals surface area contributed by atoms with Crippen molar-refractivity contribution in [3.63, 3.8) is 0 Å². The molecule has 4 nitrogen and oxygen atoms in total. The highest BCUT2D eigenvalue weighted by atomic mass is 32.2. The molecule has 0 unspecified atom stereocenters. The molecule has 0 aliphatic heterocycles. The first-order valence-corrected chi connectivity index (χ1v) is 7.64. The molecule has 0 fully saturated rings. The van der Waals surface area contributed by atoms with Crippen molar-refractivity contribution in [1.29, 1.82) is 0 Å². The molecule has 0 spiro atoms. The lowest BCUT2D eigenvalue weighted by Crippen LogP contribution is -2.19. The summed E-state index contributed by atoms with van der Waals surface area (Å²) in [6.07, 6.45) is 2.22. The number of nitrogens with zero attached hydrogens (tertiary/aromatic N) is 1. The van der Waals surface area contributed by atoms with E-state index in [1.165, 1.54) is 6.21 Å². The average molecular weight is 295 g/mol. The number of ether oxygens (including phenoxy) is 1. The number of rotatable bonds is 6. The Bertz CT molecular complexity index is 478. The van der Waals surface area contributed by atoms with Crippen molar-refractivity contribution in [1.82, 2.24) is 0 Å². The monoisotopic (exact) mass is 295 g/mol. The van der Waals surface area contributed by atoms with Gasteiger partial charge >= 0.3 is 5.97 Å². The summed E-state index contributed by atoms with van der Waals surface area (Å²) in [6.45, 7) is 5.85. The third-order valence-corrected chi connectivity index (χ3v) is 3.80. The molecular weight excluding hydrogens is 274 g/mol. The van der Waals surface area contributed by atoms with E-state index in [4.69, 9.17) is 4.74 Å². The fourth-order valence-electron chi connectivity index (χ4n) is 1.27. The summed E-state index contributed by atoms with van der Waals surface area (Å²) >= 11 is 0. The molecule has 0 N–H and O–H groups in total. The number of esters is 1. The molecule has 0 radical (unpaired) electrons. The molecule has 110 valence electrons. The van der Waals surface area contributed by atoms with Crippen LogP contribution in [0.5, 0.6) is 0 Å². The predicted molar refractivity (Wildman–Crippen MR) is 81.9 cm³/mol. The fourth-order valence-corrected chi connectivity index (χ4v) is 1.83. The topological polar surface area (TPSA) is 55.7 Å². The summed E-state index contributed by atoms with van der Waals surface area (Å²) in [7, 11) is -1.27. The van der Waals surface area contributed by atoms with E-state index >= 15 is 0 Å². The van der Waals surface area contributed by atoms with Gasteiger partial charge in [-0.25, -0.2) is 4.21 Å². The van der Waals surface area contributed by atoms with Crippen LogP contribution in [0.25, 0.3) is 0 Å². The second kappa shape index (κ2) is 7.94. The summed E-state index contributed by atoms with van der Waals surface area (Å²) in [5, 5.41) is 0. The molecule has 0 amide bonds. The van der Waals surface area contributed by atoms with Crippen LogP contribution in [0.2, 0.25) is 0 Å². The zero-order valence-electron chi connectivity index (χ0n) is 12.2. The number of hydrogen-bond acceptors (Lipinski definition) is 3. The molecule has 1 aromatic rings. The quantitative estimate of drug-likeness (QED) is 0.598. The molecule has 5 heteroatoms. The third-order valence-electron chi connectivity index (χ3n) is 2.41. The van der Waals surface area contributed by atoms with Crippen LogP contribution in [0, 0.1) is 0 Å². The number of carbonyl (C=O) groups excluding carboxylic acids is 1. The summed E-state index contributed by atoms with van der Waals surface area (Å²) < 4.78 is 20.3. The van der Waals surface area contributed by atoms with Crippen LogP contribution in [0.3, 0.4) is 0 Å². The van der Waals surface area contributed by atoms with E-state index in [2.05, 4.69) is 4.40 Å². The van der Waals surface area contributed by atoms with Gasteiger partial charge in [0, 0.05) is 6.21 Å². The second-order valence-corrected chi connectivity index (χ2v) is 7.27. The van der Waals surface area contributed by atoms with Crippen molar-refractivity contribution >= 4 is 23.2 Å². The Hall–Kier alpha value is -1.49. The molecule has 0 saturated carbocycles. The van der Waals surface area contributed by atoms with Crippen molar-refractivity contribution in [2.75, 3.05) is 0 Å². The van der Waals surface area contributed by atoms with Crippen LogP contribution in [0.4, 0.5) is 0 Å². The molecule has 1 rings (SSSR count). The standard InChI is InChI=1S/C15H21NO3S/c1-15(2,3)20(18)16-11-7-10-14(17)19-12-13-8-5-4-6-9-13/h4-6,8-9,11H,7,10,12H2,1-3H3/t20-/m1/s1. The Labute approximate surface area is 122 Å². The van der Waals surface area contributed by atoms with Crippen molar-refractivity contribution in [3.05, 3.63) is 35.9 Å². The first-order chi connectivity index (χ1) is 9.39. The predicted octanol–water partition coefficient (Wildman–Crippen LogP) is 3.04. The molecule has 0 aromatic heterocycles. The summed E-state index contributed by atoms with van der Waals surface area (Å²) in [5.74, 6) is -0.276. The summed E-state index contributed by atoms with van der Waals surface area (Å²) in [4.78, 5) is 11.5. The van der Waals surface area contributed by atoms with Crippen LogP contribution in [0.15, 0.2) is 34.7 Å². The van der Waals surface area contributed by atoms with Gasteiger partial charge in [-0.15, -0.1) is 0 Å². The van der Waals surface area contributed by atoms with E-state index in [0.29, 0.717) is 6.42 Å². The normalized spacial score (nSPS) is 13.3. The van der Waals surface area contributed by atoms with E-state index in [1.807, 2.05) is 51.1 Å². The van der Waals surface area contributed by atoms with Crippen LogP contribution in [-0.4, -0.2) is 21.1 Å². The Kier molecular flexibility index (Phi) is 6.58. The number of carbonyl (C=O) groups is 1. The van der Waals surface area contributed by atoms with Crippen molar-refractivity contribution < 1.29 is 13.7 Å². The maximum absolute atomic E-state index is 11.6. The van der Waals surface area contributed by atoms with Crippen LogP contribution in [0.1, 0.15) is 39.2 Å². The Morgan fingerprint density at radius 2 is 1.95 bits per heavy atom. The molecule has 0 heterocycles. The summed E-state index contributed by atoms with van der Waals surface area (Å²) in [5.41, 5.74) is 0.961. The van der Waals surface area contributed by atoms with Crippen molar-refractivity contribution in [2.24, 2.45) is 4.40 Å². The first-order valence-electron chi connectivity index (χ1n) is 6.53. The Balaban J connectivity index is 2.24. The van der Waals surface area contributed by atoms with Crippen molar-refractivity contribution in [2.45, 2.75) is 45.0 Å². The number of benzene rings is 1. The fraction of sp³-hybridized carbons (Fsp3) is 0.467. The number of hydrogen-bond donors (Lipinski definition) is 0. The van der Waals surface area contributed by atoms with E-state index in [0.717, 1.165) is 5.56 Å². The van der Waals surface area contributed by atoms with E-state index < -0.39 is 11.0 Å². The molecule has 20 heavy (non-hydrogen) atoms. The van der Waals surface area contributed by atoms with Crippen LogP contribution < -0.4 is 0 Å². The Morgan fingerprint density at radius 3 is 2.55 bits per heavy atom. The maximum Gasteiger partial charge on any atom is 0.306 e. The van der Waals surface area contributed by atoms with E-state index in [1.54, 1.807) is 0 Å². The maximum atomic E-state index is 11.6. The van der Waals surface area contributed by atoms with Crippen LogP contribution in [-0.2, 0) is 27.1 Å². The lowest BCUT2D eigenvalue weighted by atomic mass is 10.2. The van der Waals surface area contributed by atoms with Gasteiger partial charge in [-0.05, 0) is 32.8 Å². The van der Waals surface area contributed by atoms with E-state index in [-0.39, 0.29) is 23.7 Å². The third kappa shape index (κ3) is 6.61. The first kappa shape index (κ1) is 16.6. The summed E-state index contributed by atoms with van der Waals surface area (Å²) in [6, 6.07) is 9.52. The smallest absolute Gasteiger partial charge is 0.306 e. The van der Waals surface area contributed by atoms with Gasteiger partial charge in [-0.3, -0.25) is 4.79 Å². The van der Waals surface area contributed by atoms with Crippen LogP contribution >= 0.6 is 0 Å². The average Bonchev–Trinajstić information content (AvgIpc) is 2.41. The lowest BCUT2D eigenvalue weighted by molar-refractivity contribution is -0.144. The minimum Gasteiger partial charge on any atom is -0.461 e. The lowest BCUT2D eigenvalue weighted by Gasteiger charge is -2.12. The van der Waals surface area contributed by atoms with Gasteiger partial charge in [0.1, 0.15) is 17.6 Å². The highest BCUT2D eigenvalue weighted by molar-refractivity contribution is 7.85. The zero-order valence-corrected chi connectivity index (χ0v) is 13.0. The van der Waals surface area contributed by atoms with Gasteiger partial charge in [0.15, 0.2) is 0 Å². The van der Waals surface area contributed by atoms with Gasteiger partial charge in [-0.2, -0.15) is 4.40 Å². The molecule has 0 aliphatic rings. The Morgan fingerprint density at radius 1 is 1.30 bits per heavy atom. The van der Waals surface area contributed by atoms with Gasteiger partial charge in [0.05, 0.1) is 11.2 Å². The largest absolute Gasteiger partial charge is 0.461 e. The molecule has 1 atom stereocenters. The van der Waals surface area contributed by atoms with Gasteiger partial charge in [0.25, 0.3) is 0 Å². The second-order valence-electron chi connectivity index (χ2n) is 5.33. The minimum atomic E-state index is -1.27. The minimum absolute atomic E-state index is 0.248. The molecule has 1 aromatic carbocycles. The molecular formula is C15H21NO3S. The highest BCUT2D eigenvalue weighted by Crippen LogP contribution is 2.11. The molecule has 0 saturated heterocycles. The van der Waals surface area contributed by atoms with Gasteiger partial charge in [0.2, 0.25) is 0 Å². The highest BCUT2D eigenvalue weighted by Gasteiger charge is 2.17. The van der Waals surface area contributed by atoms with Crippen molar-refractivity contribution in [3.8, 4) is 0 Å². The molecule has 0 bridgehead atoms.